The second kappa shape index (κ2) is 21.1. The second-order valence-electron chi connectivity index (χ2n) is 23.9. The van der Waals surface area contributed by atoms with Crippen molar-refractivity contribution in [2.45, 2.75) is 227 Å². The molecule has 0 aromatic heterocycles. The van der Waals surface area contributed by atoms with E-state index in [0.29, 0.717) is 47.8 Å². The molecule has 31 atom stereocenters. The number of ether oxygens (including phenoxy) is 10. The summed E-state index contributed by atoms with van der Waals surface area (Å²) in [7, 11) is 0. The van der Waals surface area contributed by atoms with E-state index in [-0.39, 0.29) is 23.0 Å². The highest BCUT2D eigenvalue weighted by molar-refractivity contribution is 5.15. The molecule has 10 rings (SSSR count). The van der Waals surface area contributed by atoms with Crippen LogP contribution in [0.4, 0.5) is 0 Å². The Morgan fingerprint density at radius 1 is 0.514 bits per heavy atom. The SMILES string of the molecule is C[C@H]1CC[C@@]2(OC1)O[C@H]1C[C@H]3[C@@H]4CC[C@@H]5C[C@@H](O[C@@H]6O[C@H](CO)[C@@H](O[C@@H]7O[C@H](CO)[C@@H](O)[C@H](O[C@@H]8OC[C@@H](O)[C@H](O)[C@H]8O)[C@H]7O[C@@H]7O[C@H](CO)[C@@H](O)[C@H](O)[C@H]7O)[C@H](O)[C@H]6O)CC[C@]5(C)[C@H]4CC[C@]3(C)[C@H]1[C@@H]2C. The van der Waals surface area contributed by atoms with Crippen LogP contribution < -0.4 is 0 Å². The summed E-state index contributed by atoms with van der Waals surface area (Å²) in [6, 6.07) is 0. The molecule has 10 fully saturated rings. The summed E-state index contributed by atoms with van der Waals surface area (Å²) in [5.41, 5.74) is 0.293. The topological polar surface area (TPSA) is 335 Å². The van der Waals surface area contributed by atoms with E-state index in [0.717, 1.165) is 51.6 Å². The van der Waals surface area contributed by atoms with Crippen LogP contribution in [0, 0.1) is 52.3 Å². The molecule has 10 aliphatic rings. The summed E-state index contributed by atoms with van der Waals surface area (Å²) >= 11 is 0. The van der Waals surface area contributed by atoms with Gasteiger partial charge in [0.1, 0.15) is 91.6 Å². The fraction of sp³-hybridized carbons (Fsp3) is 1.00. The van der Waals surface area contributed by atoms with Crippen molar-refractivity contribution in [1.82, 2.24) is 0 Å². The maximum atomic E-state index is 11.8. The first-order chi connectivity index (χ1) is 34.3. The molecular weight excluding hydrogens is 953 g/mol. The molecule has 4 saturated carbocycles. The van der Waals surface area contributed by atoms with Crippen molar-refractivity contribution in [3.8, 4) is 0 Å². The summed E-state index contributed by atoms with van der Waals surface area (Å²) in [6.07, 6.45) is -22.9. The van der Waals surface area contributed by atoms with Crippen LogP contribution in [0.25, 0.3) is 0 Å². The molecule has 414 valence electrons. The van der Waals surface area contributed by atoms with E-state index in [2.05, 4.69) is 27.7 Å². The molecule has 1 spiro atoms. The quantitative estimate of drug-likeness (QED) is 0.0971. The summed E-state index contributed by atoms with van der Waals surface area (Å²) < 4.78 is 61.4. The van der Waals surface area contributed by atoms with Gasteiger partial charge in [0, 0.05) is 12.3 Å². The Bertz CT molecular complexity index is 1830. The lowest BCUT2D eigenvalue weighted by Gasteiger charge is -2.61. The van der Waals surface area contributed by atoms with Crippen molar-refractivity contribution < 1.29 is 109 Å². The third-order valence-electron chi connectivity index (χ3n) is 20.0. The average molecular weight is 1040 g/mol. The van der Waals surface area contributed by atoms with Crippen LogP contribution in [0.2, 0.25) is 0 Å². The van der Waals surface area contributed by atoms with Gasteiger partial charge in [0.15, 0.2) is 30.9 Å². The molecule has 12 N–H and O–H groups in total. The summed E-state index contributed by atoms with van der Waals surface area (Å²) in [5, 5.41) is 129. The molecule has 4 aliphatic carbocycles. The fourth-order valence-electron chi connectivity index (χ4n) is 15.9. The van der Waals surface area contributed by atoms with E-state index in [4.69, 9.17) is 47.4 Å². The molecule has 72 heavy (non-hydrogen) atoms. The Kier molecular flexibility index (Phi) is 15.9. The predicted molar refractivity (Wildman–Crippen MR) is 242 cm³/mol. The molecular formula is C50H82O22. The van der Waals surface area contributed by atoms with Crippen LogP contribution in [0.3, 0.4) is 0 Å². The number of fused-ring (bicyclic) bond motifs is 7. The number of hydrogen-bond acceptors (Lipinski definition) is 22. The van der Waals surface area contributed by atoms with Gasteiger partial charge in [-0.15, -0.1) is 0 Å². The number of aliphatic hydroxyl groups excluding tert-OH is 12. The largest absolute Gasteiger partial charge is 0.394 e. The highest BCUT2D eigenvalue weighted by atomic mass is 16.8. The first-order valence-electron chi connectivity index (χ1n) is 26.7. The molecule has 0 amide bonds. The zero-order valence-electron chi connectivity index (χ0n) is 41.7. The predicted octanol–water partition coefficient (Wildman–Crippen LogP) is -2.27. The molecule has 6 saturated heterocycles. The van der Waals surface area contributed by atoms with Gasteiger partial charge in [-0.05, 0) is 104 Å². The van der Waals surface area contributed by atoms with Gasteiger partial charge in [-0.1, -0.05) is 27.7 Å². The molecule has 0 unspecified atom stereocenters. The standard InChI is InChI=1S/C50H82O22/c1-20-7-12-50(64-18-20)21(2)32-28(72-50)14-26-24-6-5-22-13-23(8-10-48(22,3)25(24)9-11-49(26,32)4)65-45-40(62)37(59)41(31(17-53)68-45)69-47-43(71-46-39(61)36(58)34(56)29(15-51)66-46)42(35(57)30(16-52)67-47)70-44-38(60)33(55)27(54)19-63-44/h20-47,51-62H,5-19H2,1-4H3/t20-,21-,22+,23-,24+,25-,26-,27+,28-,29+,30+,31+,32-,33-,34+,35+,36-,37+,38+,39+,40+,41+,42-,43+,44-,45+,46-,47-,48-,49-,50+/m0/s1. The zero-order valence-corrected chi connectivity index (χ0v) is 41.7. The lowest BCUT2D eigenvalue weighted by molar-refractivity contribution is -0.404. The molecule has 0 bridgehead atoms. The van der Waals surface area contributed by atoms with Crippen LogP contribution in [0.5, 0.6) is 0 Å². The van der Waals surface area contributed by atoms with Gasteiger partial charge in [-0.2, -0.15) is 0 Å². The molecule has 6 heterocycles. The minimum Gasteiger partial charge on any atom is -0.394 e. The van der Waals surface area contributed by atoms with Crippen molar-refractivity contribution in [3.63, 3.8) is 0 Å². The summed E-state index contributed by atoms with van der Waals surface area (Å²) in [4.78, 5) is 0. The maximum Gasteiger partial charge on any atom is 0.187 e. The van der Waals surface area contributed by atoms with E-state index in [1.54, 1.807) is 0 Å². The Balaban J connectivity index is 0.812. The third-order valence-corrected chi connectivity index (χ3v) is 20.0. The summed E-state index contributed by atoms with van der Waals surface area (Å²) in [6.45, 7) is 7.42. The van der Waals surface area contributed by atoms with Crippen molar-refractivity contribution in [1.29, 1.82) is 0 Å². The Morgan fingerprint density at radius 3 is 1.85 bits per heavy atom. The van der Waals surface area contributed by atoms with Crippen molar-refractivity contribution >= 4 is 0 Å². The van der Waals surface area contributed by atoms with Crippen LogP contribution in [-0.2, 0) is 47.4 Å². The monoisotopic (exact) mass is 1030 g/mol. The second-order valence-corrected chi connectivity index (χ2v) is 23.9. The lowest BCUT2D eigenvalue weighted by Crippen LogP contribution is -2.68. The van der Waals surface area contributed by atoms with Gasteiger partial charge in [0.2, 0.25) is 0 Å². The van der Waals surface area contributed by atoms with Gasteiger partial charge in [0.25, 0.3) is 0 Å². The number of aliphatic hydroxyl groups is 12. The fourth-order valence-corrected chi connectivity index (χ4v) is 15.9. The zero-order chi connectivity index (χ0) is 51.3. The third kappa shape index (κ3) is 9.26. The van der Waals surface area contributed by atoms with Crippen LogP contribution >= 0.6 is 0 Å². The van der Waals surface area contributed by atoms with Crippen LogP contribution in [0.15, 0.2) is 0 Å². The number of hydrogen-bond donors (Lipinski definition) is 12. The number of rotatable bonds is 11. The highest BCUT2D eigenvalue weighted by Gasteiger charge is 2.69. The summed E-state index contributed by atoms with van der Waals surface area (Å²) in [5.74, 6) is 3.06. The lowest BCUT2D eigenvalue weighted by atomic mass is 9.44. The van der Waals surface area contributed by atoms with E-state index in [9.17, 15) is 61.3 Å². The minimum absolute atomic E-state index is 0.0916. The normalized spacial score (nSPS) is 57.8. The van der Waals surface area contributed by atoms with Crippen molar-refractivity contribution in [2.24, 2.45) is 52.3 Å². The molecule has 22 heteroatoms. The van der Waals surface area contributed by atoms with Crippen LogP contribution in [-0.4, -0.2) is 229 Å². The minimum atomic E-state index is -2.00. The molecule has 0 radical (unpaired) electrons. The van der Waals surface area contributed by atoms with Gasteiger partial charge >= 0.3 is 0 Å². The van der Waals surface area contributed by atoms with Crippen LogP contribution in [0.1, 0.15) is 91.9 Å². The Hall–Kier alpha value is -0.880. The average Bonchev–Trinajstić information content (AvgIpc) is 3.82. The molecule has 22 nitrogen and oxygen atoms in total. The maximum absolute atomic E-state index is 11.8. The van der Waals surface area contributed by atoms with Gasteiger partial charge in [-0.25, -0.2) is 0 Å². The van der Waals surface area contributed by atoms with E-state index in [1.165, 1.54) is 12.8 Å². The van der Waals surface area contributed by atoms with Gasteiger partial charge in [-0.3, -0.25) is 0 Å². The Morgan fingerprint density at radius 2 is 1.14 bits per heavy atom. The highest BCUT2D eigenvalue weighted by Crippen LogP contribution is 2.71. The van der Waals surface area contributed by atoms with Crippen molar-refractivity contribution in [2.75, 3.05) is 33.0 Å². The first-order valence-corrected chi connectivity index (χ1v) is 26.7. The smallest absolute Gasteiger partial charge is 0.187 e. The van der Waals surface area contributed by atoms with Gasteiger partial charge in [0.05, 0.1) is 45.2 Å². The van der Waals surface area contributed by atoms with Gasteiger partial charge < -0.3 is 109 Å². The first kappa shape index (κ1) is 54.5. The van der Waals surface area contributed by atoms with E-state index in [1.807, 2.05) is 0 Å². The van der Waals surface area contributed by atoms with Crippen molar-refractivity contribution in [3.05, 3.63) is 0 Å². The molecule has 0 aromatic carbocycles. The van der Waals surface area contributed by atoms with E-state index >= 15 is 0 Å². The van der Waals surface area contributed by atoms with E-state index < -0.39 is 149 Å². The molecule has 0 aromatic rings. The molecule has 6 aliphatic heterocycles. The Labute approximate surface area is 419 Å².